The predicted molar refractivity (Wildman–Crippen MR) is 26.6 cm³/mol. The maximum atomic E-state index is 12.0. The van der Waals surface area contributed by atoms with Crippen LogP contribution in [-0.4, -0.2) is 4.75 Å². The van der Waals surface area contributed by atoms with Crippen LogP contribution in [0.15, 0.2) is 0 Å². The highest BCUT2D eigenvalue weighted by Crippen LogP contribution is 2.17. The van der Waals surface area contributed by atoms with Crippen molar-refractivity contribution >= 4 is 8.35 Å². The number of halogens is 4. The maximum Gasteiger partial charge on any atom is 0.256 e. The van der Waals surface area contributed by atoms with Crippen molar-refractivity contribution in [1.29, 1.82) is 0 Å². The average molecular weight is 169 g/mol. The van der Waals surface area contributed by atoms with Crippen molar-refractivity contribution in [3.63, 3.8) is 0 Å². The highest BCUT2D eigenvalue weighted by atomic mass is 31.0. The summed E-state index contributed by atoms with van der Waals surface area (Å²) in [5, 5.41) is 0. The zero-order chi connectivity index (χ0) is 7.72. The molecule has 10 heavy (non-hydrogen) atoms. The average Bonchev–Trinajstić information content (AvgIpc) is 1.93. The summed E-state index contributed by atoms with van der Waals surface area (Å²) in [5.41, 5.74) is -1.40. The van der Waals surface area contributed by atoms with Crippen molar-refractivity contribution in [3.05, 3.63) is 23.1 Å². The molecule has 0 aliphatic heterocycles. The molecule has 0 bridgehead atoms. The van der Waals surface area contributed by atoms with Crippen LogP contribution in [0.1, 0.15) is 0 Å². The van der Waals surface area contributed by atoms with Gasteiger partial charge in [-0.15, -0.1) is 0 Å². The standard InChI is InChI=1S/C4F4NP/c5-1-2(6)4(8)10-9-3(1)7. The largest absolute Gasteiger partial charge is 0.256 e. The monoisotopic (exact) mass is 169 g/mol. The molecule has 0 saturated heterocycles. The van der Waals surface area contributed by atoms with E-state index in [4.69, 9.17) is 0 Å². The van der Waals surface area contributed by atoms with Gasteiger partial charge in [-0.25, -0.2) is 0 Å². The minimum Gasteiger partial charge on any atom is -0.200 e. The Morgan fingerprint density at radius 2 is 1.60 bits per heavy atom. The van der Waals surface area contributed by atoms with Gasteiger partial charge in [-0.05, 0) is 0 Å². The fraction of sp³-hybridized carbons (Fsp3) is 0. The van der Waals surface area contributed by atoms with Gasteiger partial charge in [-0.1, -0.05) is 0 Å². The van der Waals surface area contributed by atoms with Crippen LogP contribution in [0.4, 0.5) is 17.6 Å². The van der Waals surface area contributed by atoms with Crippen molar-refractivity contribution in [2.24, 2.45) is 0 Å². The Hall–Kier alpha value is -0.700. The minimum atomic E-state index is -1.86. The van der Waals surface area contributed by atoms with Gasteiger partial charge >= 0.3 is 0 Å². The number of hydrogen-bond donors (Lipinski definition) is 0. The second-order valence-corrected chi connectivity index (χ2v) is 2.20. The van der Waals surface area contributed by atoms with Crippen LogP contribution in [0.5, 0.6) is 0 Å². The van der Waals surface area contributed by atoms with E-state index in [-0.39, 0.29) is 0 Å². The Balaban J connectivity index is 3.34. The molecule has 0 radical (unpaired) electrons. The molecular formula is C4F4NP. The van der Waals surface area contributed by atoms with E-state index in [1.54, 1.807) is 0 Å². The van der Waals surface area contributed by atoms with E-state index in [1.165, 1.54) is 0 Å². The lowest BCUT2D eigenvalue weighted by Gasteiger charge is -1.91. The van der Waals surface area contributed by atoms with E-state index >= 15 is 0 Å². The van der Waals surface area contributed by atoms with E-state index in [9.17, 15) is 17.6 Å². The molecule has 0 fully saturated rings. The van der Waals surface area contributed by atoms with Crippen LogP contribution < -0.4 is 0 Å². The molecule has 0 unspecified atom stereocenters. The molecule has 54 valence electrons. The van der Waals surface area contributed by atoms with Crippen LogP contribution >= 0.6 is 8.35 Å². The SMILES string of the molecule is Fc1npc(F)c(F)c1F. The second-order valence-electron chi connectivity index (χ2n) is 1.41. The van der Waals surface area contributed by atoms with Crippen LogP contribution in [0, 0.1) is 23.1 Å². The van der Waals surface area contributed by atoms with Gasteiger partial charge in [0.25, 0.3) is 5.95 Å². The van der Waals surface area contributed by atoms with E-state index in [1.807, 2.05) is 0 Å². The summed E-state index contributed by atoms with van der Waals surface area (Å²) in [5.74, 6) is -5.26. The zero-order valence-electron chi connectivity index (χ0n) is 4.41. The van der Waals surface area contributed by atoms with Gasteiger partial charge in [0.1, 0.15) is 0 Å². The number of aromatic nitrogens is 1. The van der Waals surface area contributed by atoms with E-state index in [2.05, 4.69) is 4.75 Å². The minimum absolute atomic E-state index is 0.530. The molecule has 0 aromatic carbocycles. The van der Waals surface area contributed by atoms with Crippen LogP contribution in [0.2, 0.25) is 0 Å². The molecule has 0 spiro atoms. The predicted octanol–water partition coefficient (Wildman–Crippen LogP) is 2.22. The summed E-state index contributed by atoms with van der Waals surface area (Å²) in [6.07, 6.45) is 0. The number of hydrogen-bond acceptors (Lipinski definition) is 1. The van der Waals surface area contributed by atoms with Gasteiger partial charge in [0.15, 0.2) is 0 Å². The van der Waals surface area contributed by atoms with E-state index in [0.717, 1.165) is 0 Å². The van der Waals surface area contributed by atoms with E-state index in [0.29, 0.717) is 0 Å². The molecular weight excluding hydrogens is 169 g/mol. The Morgan fingerprint density at radius 1 is 1.00 bits per heavy atom. The van der Waals surface area contributed by atoms with Crippen molar-refractivity contribution in [1.82, 2.24) is 4.75 Å². The first-order valence-electron chi connectivity index (χ1n) is 2.15. The molecule has 1 heterocycles. The quantitative estimate of drug-likeness (QED) is 0.542. The third-order valence-electron chi connectivity index (χ3n) is 0.781. The highest BCUT2D eigenvalue weighted by molar-refractivity contribution is 7.24. The molecule has 1 aromatic rings. The maximum absolute atomic E-state index is 12.0. The molecule has 1 nitrogen and oxygen atoms in total. The molecule has 0 aliphatic carbocycles. The number of rotatable bonds is 0. The lowest BCUT2D eigenvalue weighted by molar-refractivity contribution is 0.408. The van der Waals surface area contributed by atoms with Crippen LogP contribution in [-0.2, 0) is 0 Å². The number of nitrogens with zero attached hydrogens (tertiary/aromatic N) is 1. The smallest absolute Gasteiger partial charge is 0.200 e. The topological polar surface area (TPSA) is 12.9 Å². The Bertz CT molecular complexity index is 237. The van der Waals surface area contributed by atoms with Gasteiger partial charge in [0, 0.05) is 0 Å². The Morgan fingerprint density at radius 3 is 2.10 bits per heavy atom. The van der Waals surface area contributed by atoms with Gasteiger partial charge in [-0.2, -0.15) is 22.3 Å². The molecule has 1 aromatic heterocycles. The van der Waals surface area contributed by atoms with Gasteiger partial charge in [-0.3, -0.25) is 0 Å². The van der Waals surface area contributed by atoms with Crippen LogP contribution in [0.3, 0.4) is 0 Å². The Labute approximate surface area is 54.9 Å². The highest BCUT2D eigenvalue weighted by Gasteiger charge is 2.14. The Kier molecular flexibility index (Phi) is 1.85. The van der Waals surface area contributed by atoms with Crippen molar-refractivity contribution in [3.8, 4) is 0 Å². The summed E-state index contributed by atoms with van der Waals surface area (Å²) >= 11 is 0. The summed E-state index contributed by atoms with van der Waals surface area (Å²) in [7, 11) is -0.530. The second kappa shape index (κ2) is 2.50. The molecule has 0 N–H and O–H groups in total. The molecule has 0 amide bonds. The summed E-state index contributed by atoms with van der Waals surface area (Å²) in [6.45, 7) is 0. The zero-order valence-corrected chi connectivity index (χ0v) is 5.30. The van der Waals surface area contributed by atoms with E-state index < -0.39 is 31.5 Å². The summed E-state index contributed by atoms with van der Waals surface area (Å²) < 4.78 is 50.5. The molecule has 0 aliphatic rings. The summed E-state index contributed by atoms with van der Waals surface area (Å²) in [4.78, 5) is 0. The molecule has 1 rings (SSSR count). The van der Waals surface area contributed by atoms with Gasteiger partial charge in [0.2, 0.25) is 17.2 Å². The van der Waals surface area contributed by atoms with Crippen molar-refractivity contribution in [2.75, 3.05) is 0 Å². The van der Waals surface area contributed by atoms with Gasteiger partial charge in [0.05, 0.1) is 8.35 Å². The third kappa shape index (κ3) is 1.09. The summed E-state index contributed by atoms with van der Waals surface area (Å²) in [6, 6.07) is 0. The lowest BCUT2D eigenvalue weighted by atomic mass is 10.5. The van der Waals surface area contributed by atoms with Gasteiger partial charge < -0.3 is 0 Å². The molecule has 6 heteroatoms. The first kappa shape index (κ1) is 7.41. The van der Waals surface area contributed by atoms with Crippen LogP contribution in [0.25, 0.3) is 0 Å². The fourth-order valence-electron chi connectivity index (χ4n) is 0.357. The first-order valence-corrected chi connectivity index (χ1v) is 3.00. The molecule has 0 atom stereocenters. The lowest BCUT2D eigenvalue weighted by Crippen LogP contribution is -1.93. The fourth-order valence-corrected chi connectivity index (χ4v) is 0.806. The van der Waals surface area contributed by atoms with Crippen molar-refractivity contribution < 1.29 is 17.6 Å². The normalized spacial score (nSPS) is 10.8. The van der Waals surface area contributed by atoms with Crippen molar-refractivity contribution in [2.45, 2.75) is 0 Å². The third-order valence-corrected chi connectivity index (χ3v) is 1.43. The first-order chi connectivity index (χ1) is 4.63. The molecule has 0 saturated carbocycles.